The summed E-state index contributed by atoms with van der Waals surface area (Å²) in [5.74, 6) is 0.559. The first-order valence-corrected chi connectivity index (χ1v) is 9.02. The lowest BCUT2D eigenvalue weighted by Crippen LogP contribution is -2.50. The summed E-state index contributed by atoms with van der Waals surface area (Å²) in [4.78, 5) is 25.4. The van der Waals surface area contributed by atoms with Crippen molar-refractivity contribution in [3.8, 4) is 0 Å². The third kappa shape index (κ3) is 5.09. The average molecular weight is 368 g/mol. The Morgan fingerprint density at radius 3 is 2.76 bits per heavy atom. The van der Waals surface area contributed by atoms with Gasteiger partial charge in [-0.15, -0.1) is 11.8 Å². The summed E-state index contributed by atoms with van der Waals surface area (Å²) in [5, 5.41) is 10.9. The zero-order valence-electron chi connectivity index (χ0n) is 15.1. The van der Waals surface area contributed by atoms with E-state index in [0.29, 0.717) is 12.4 Å². The van der Waals surface area contributed by atoms with Crippen molar-refractivity contribution in [3.63, 3.8) is 0 Å². The molecule has 1 atom stereocenters. The Kier molecular flexibility index (Phi) is 5.63. The number of carbonyl (C=O) groups excluding carboxylic acids is 1. The minimum Gasteiger partial charge on any atom is -0.444 e. The van der Waals surface area contributed by atoms with Crippen molar-refractivity contribution >= 4 is 23.5 Å². The van der Waals surface area contributed by atoms with E-state index < -0.39 is 22.3 Å². The molecule has 138 valence electrons. The van der Waals surface area contributed by atoms with E-state index in [2.05, 4.69) is 0 Å². The maximum atomic E-state index is 12.6. The predicted octanol–water partition coefficient (Wildman–Crippen LogP) is 4.06. The van der Waals surface area contributed by atoms with E-state index in [0.717, 1.165) is 4.90 Å². The van der Waals surface area contributed by atoms with Crippen molar-refractivity contribution < 1.29 is 19.2 Å². The smallest absolute Gasteiger partial charge is 0.412 e. The SMILES string of the molecule is CC(C)(C)OC(=O)N1[C@H](CSc2cccc([N+](=O)[O-])c2)COC1(C)C. The summed E-state index contributed by atoms with van der Waals surface area (Å²) in [5.41, 5.74) is -1.29. The highest BCUT2D eigenvalue weighted by atomic mass is 32.2. The van der Waals surface area contributed by atoms with Gasteiger partial charge in [0.2, 0.25) is 0 Å². The van der Waals surface area contributed by atoms with Crippen LogP contribution in [0.5, 0.6) is 0 Å². The summed E-state index contributed by atoms with van der Waals surface area (Å²) >= 11 is 1.46. The fraction of sp³-hybridized carbons (Fsp3) is 0.588. The molecule has 0 unspecified atom stereocenters. The van der Waals surface area contributed by atoms with Crippen molar-refractivity contribution in [2.75, 3.05) is 12.4 Å². The zero-order valence-corrected chi connectivity index (χ0v) is 16.0. The Labute approximate surface area is 151 Å². The number of hydrogen-bond donors (Lipinski definition) is 0. The van der Waals surface area contributed by atoms with Gasteiger partial charge in [-0.2, -0.15) is 0 Å². The predicted molar refractivity (Wildman–Crippen MR) is 95.7 cm³/mol. The molecule has 1 aliphatic rings. The molecule has 0 spiro atoms. The van der Waals surface area contributed by atoms with Crippen molar-refractivity contribution in [2.24, 2.45) is 0 Å². The molecule has 0 bridgehead atoms. The first kappa shape index (κ1) is 19.5. The minimum absolute atomic E-state index is 0.0528. The van der Waals surface area contributed by atoms with Crippen LogP contribution in [0.25, 0.3) is 0 Å². The second-order valence-electron chi connectivity index (χ2n) is 7.33. The van der Waals surface area contributed by atoms with Gasteiger partial charge in [0.1, 0.15) is 11.3 Å². The minimum atomic E-state index is -0.754. The van der Waals surface area contributed by atoms with Crippen LogP contribution in [0.1, 0.15) is 34.6 Å². The Bertz CT molecular complexity index is 657. The molecule has 0 aromatic heterocycles. The van der Waals surface area contributed by atoms with Crippen LogP contribution in [-0.4, -0.2) is 45.6 Å². The van der Waals surface area contributed by atoms with Crippen LogP contribution in [0.4, 0.5) is 10.5 Å². The highest BCUT2D eigenvalue weighted by Crippen LogP contribution is 2.33. The number of nitrogens with zero attached hydrogens (tertiary/aromatic N) is 2. The van der Waals surface area contributed by atoms with Crippen LogP contribution < -0.4 is 0 Å². The van der Waals surface area contributed by atoms with E-state index in [1.807, 2.05) is 40.7 Å². The Hall–Kier alpha value is -1.80. The van der Waals surface area contributed by atoms with Gasteiger partial charge in [0, 0.05) is 22.8 Å². The number of ether oxygens (including phenoxy) is 2. The highest BCUT2D eigenvalue weighted by Gasteiger charge is 2.45. The van der Waals surface area contributed by atoms with Gasteiger partial charge in [-0.1, -0.05) is 6.07 Å². The number of benzene rings is 1. The highest BCUT2D eigenvalue weighted by molar-refractivity contribution is 7.99. The van der Waals surface area contributed by atoms with Gasteiger partial charge in [0.15, 0.2) is 0 Å². The van der Waals surface area contributed by atoms with Crippen LogP contribution in [0.3, 0.4) is 0 Å². The third-order valence-corrected chi connectivity index (χ3v) is 4.77. The molecule has 8 heteroatoms. The van der Waals surface area contributed by atoms with Crippen molar-refractivity contribution in [1.82, 2.24) is 4.90 Å². The molecule has 7 nitrogen and oxygen atoms in total. The van der Waals surface area contributed by atoms with Crippen molar-refractivity contribution in [3.05, 3.63) is 34.4 Å². The standard InChI is InChI=1S/C17H24N2O5S/c1-16(2,3)24-15(20)18-13(10-23-17(18,4)5)11-25-14-8-6-7-12(9-14)19(21)22/h6-9,13H,10-11H2,1-5H3/t13-/m0/s1. The first-order chi connectivity index (χ1) is 11.5. The Morgan fingerprint density at radius 1 is 1.48 bits per heavy atom. The van der Waals surface area contributed by atoms with E-state index >= 15 is 0 Å². The van der Waals surface area contributed by atoms with Gasteiger partial charge >= 0.3 is 6.09 Å². The fourth-order valence-electron chi connectivity index (χ4n) is 2.57. The Balaban J connectivity index is 2.08. The van der Waals surface area contributed by atoms with Crippen LogP contribution in [0.2, 0.25) is 0 Å². The van der Waals surface area contributed by atoms with E-state index in [-0.39, 0.29) is 11.7 Å². The largest absolute Gasteiger partial charge is 0.444 e. The summed E-state index contributed by atoms with van der Waals surface area (Å²) in [6, 6.07) is 6.29. The normalized spacial score (nSPS) is 19.7. The van der Waals surface area contributed by atoms with Crippen LogP contribution in [0.15, 0.2) is 29.2 Å². The van der Waals surface area contributed by atoms with Crippen LogP contribution >= 0.6 is 11.8 Å². The topological polar surface area (TPSA) is 81.9 Å². The number of amides is 1. The Morgan fingerprint density at radius 2 is 2.16 bits per heavy atom. The summed E-state index contributed by atoms with van der Waals surface area (Å²) in [7, 11) is 0. The lowest BCUT2D eigenvalue weighted by molar-refractivity contribution is -0.385. The quantitative estimate of drug-likeness (QED) is 0.453. The molecule has 1 aromatic carbocycles. The molecule has 1 fully saturated rings. The maximum absolute atomic E-state index is 12.6. The molecule has 1 aliphatic heterocycles. The maximum Gasteiger partial charge on any atom is 0.412 e. The molecular formula is C17H24N2O5S. The molecule has 1 aromatic rings. The molecular weight excluding hydrogens is 344 g/mol. The number of non-ortho nitro benzene ring substituents is 1. The molecule has 0 radical (unpaired) electrons. The number of carbonyl (C=O) groups is 1. The number of hydrogen-bond acceptors (Lipinski definition) is 6. The van der Waals surface area contributed by atoms with Gasteiger partial charge in [0.05, 0.1) is 17.6 Å². The van der Waals surface area contributed by atoms with Gasteiger partial charge in [-0.3, -0.25) is 15.0 Å². The number of thioether (sulfide) groups is 1. The van der Waals surface area contributed by atoms with E-state index in [9.17, 15) is 14.9 Å². The summed E-state index contributed by atoms with van der Waals surface area (Å²) in [6.45, 7) is 9.52. The van der Waals surface area contributed by atoms with Gasteiger partial charge < -0.3 is 9.47 Å². The first-order valence-electron chi connectivity index (χ1n) is 8.03. The fourth-order valence-corrected chi connectivity index (χ4v) is 3.57. The third-order valence-electron chi connectivity index (χ3n) is 3.64. The summed E-state index contributed by atoms with van der Waals surface area (Å²) in [6.07, 6.45) is -0.417. The molecule has 1 amide bonds. The number of rotatable bonds is 4. The van der Waals surface area contributed by atoms with Gasteiger partial charge in [-0.25, -0.2) is 4.79 Å². The van der Waals surface area contributed by atoms with Gasteiger partial charge in [-0.05, 0) is 40.7 Å². The lowest BCUT2D eigenvalue weighted by Gasteiger charge is -2.35. The molecule has 2 rings (SSSR count). The summed E-state index contributed by atoms with van der Waals surface area (Å²) < 4.78 is 11.3. The lowest BCUT2D eigenvalue weighted by atomic mass is 10.2. The van der Waals surface area contributed by atoms with Crippen molar-refractivity contribution in [1.29, 1.82) is 0 Å². The second kappa shape index (κ2) is 7.21. The van der Waals surface area contributed by atoms with E-state index in [1.165, 1.54) is 23.9 Å². The van der Waals surface area contributed by atoms with E-state index in [1.54, 1.807) is 11.0 Å². The zero-order chi connectivity index (χ0) is 18.8. The molecule has 0 aliphatic carbocycles. The number of nitro groups is 1. The van der Waals surface area contributed by atoms with Gasteiger partial charge in [0.25, 0.3) is 5.69 Å². The average Bonchev–Trinajstić information content (AvgIpc) is 2.78. The molecule has 0 saturated carbocycles. The number of nitro benzene ring substituents is 1. The molecule has 25 heavy (non-hydrogen) atoms. The molecule has 1 saturated heterocycles. The molecule has 1 heterocycles. The monoisotopic (exact) mass is 368 g/mol. The van der Waals surface area contributed by atoms with Crippen molar-refractivity contribution in [2.45, 2.75) is 56.9 Å². The van der Waals surface area contributed by atoms with E-state index in [4.69, 9.17) is 9.47 Å². The second-order valence-corrected chi connectivity index (χ2v) is 8.42. The van der Waals surface area contributed by atoms with Crippen LogP contribution in [0, 0.1) is 10.1 Å². The molecule has 0 N–H and O–H groups in total. The van der Waals surface area contributed by atoms with Crippen LogP contribution in [-0.2, 0) is 9.47 Å².